The molecule has 0 spiro atoms. The lowest BCUT2D eigenvalue weighted by Gasteiger charge is -2.35. The van der Waals surface area contributed by atoms with Crippen molar-refractivity contribution in [1.29, 1.82) is 5.26 Å². The normalized spacial score (nSPS) is 18.4. The zero-order valence-electron chi connectivity index (χ0n) is 10.6. The van der Waals surface area contributed by atoms with E-state index in [0.717, 1.165) is 32.1 Å². The predicted octanol–water partition coefficient (Wildman–Crippen LogP) is 2.62. The van der Waals surface area contributed by atoms with Crippen molar-refractivity contribution in [3.05, 3.63) is 0 Å². The first kappa shape index (κ1) is 13.0. The second-order valence-corrected chi connectivity index (χ2v) is 5.64. The Morgan fingerprint density at radius 1 is 1.50 bits per heavy atom. The van der Waals surface area contributed by atoms with E-state index in [-0.39, 0.29) is 11.3 Å². The highest BCUT2D eigenvalue weighted by molar-refractivity contribution is 5.86. The largest absolute Gasteiger partial charge is 0.354 e. The van der Waals surface area contributed by atoms with Crippen LogP contribution in [0.25, 0.3) is 0 Å². The van der Waals surface area contributed by atoms with E-state index in [2.05, 4.69) is 32.2 Å². The minimum Gasteiger partial charge on any atom is -0.354 e. The molecule has 0 aromatic heterocycles. The van der Waals surface area contributed by atoms with E-state index < -0.39 is 5.41 Å². The molecule has 0 radical (unpaired) electrons. The maximum atomic E-state index is 11.9. The van der Waals surface area contributed by atoms with Crippen molar-refractivity contribution >= 4 is 5.91 Å². The second kappa shape index (κ2) is 4.86. The lowest BCUT2D eigenvalue weighted by molar-refractivity contribution is -0.132. The molecule has 0 aromatic carbocycles. The van der Waals surface area contributed by atoms with Crippen LogP contribution < -0.4 is 5.32 Å². The molecule has 1 N–H and O–H groups in total. The first-order valence-corrected chi connectivity index (χ1v) is 6.15. The van der Waals surface area contributed by atoms with Crippen molar-refractivity contribution in [2.24, 2.45) is 10.8 Å². The molecule has 0 heterocycles. The van der Waals surface area contributed by atoms with Gasteiger partial charge in [0.15, 0.2) is 0 Å². The molecule has 1 rings (SSSR count). The summed E-state index contributed by atoms with van der Waals surface area (Å²) in [4.78, 5) is 11.9. The first-order chi connectivity index (χ1) is 7.46. The Morgan fingerprint density at radius 3 is 2.50 bits per heavy atom. The van der Waals surface area contributed by atoms with Crippen molar-refractivity contribution < 1.29 is 4.79 Å². The Labute approximate surface area is 98.2 Å². The number of carbonyl (C=O) groups is 1. The van der Waals surface area contributed by atoms with Crippen LogP contribution in [0, 0.1) is 22.2 Å². The van der Waals surface area contributed by atoms with E-state index in [1.54, 1.807) is 0 Å². The highest BCUT2D eigenvalue weighted by Gasteiger charge is 2.44. The van der Waals surface area contributed by atoms with Gasteiger partial charge in [0, 0.05) is 6.54 Å². The Hall–Kier alpha value is -1.04. The van der Waals surface area contributed by atoms with Crippen LogP contribution in [-0.4, -0.2) is 12.5 Å². The SMILES string of the molecule is CCCC(C)(C)CNC(=O)C1(C#N)CCC1. The van der Waals surface area contributed by atoms with Crippen molar-refractivity contribution in [3.63, 3.8) is 0 Å². The van der Waals surface area contributed by atoms with Crippen molar-refractivity contribution in [1.82, 2.24) is 5.32 Å². The van der Waals surface area contributed by atoms with E-state index in [1.807, 2.05) is 0 Å². The smallest absolute Gasteiger partial charge is 0.240 e. The maximum Gasteiger partial charge on any atom is 0.240 e. The molecule has 1 aliphatic rings. The highest BCUT2D eigenvalue weighted by atomic mass is 16.2. The Morgan fingerprint density at radius 2 is 2.12 bits per heavy atom. The third-order valence-electron chi connectivity index (χ3n) is 3.51. The van der Waals surface area contributed by atoms with Gasteiger partial charge in [0.05, 0.1) is 6.07 Å². The lowest BCUT2D eigenvalue weighted by Crippen LogP contribution is -2.47. The number of nitrogens with zero attached hydrogens (tertiary/aromatic N) is 1. The van der Waals surface area contributed by atoms with Crippen molar-refractivity contribution in [3.8, 4) is 6.07 Å². The van der Waals surface area contributed by atoms with Gasteiger partial charge in [-0.3, -0.25) is 4.79 Å². The van der Waals surface area contributed by atoms with Crippen molar-refractivity contribution in [2.75, 3.05) is 6.54 Å². The van der Waals surface area contributed by atoms with Gasteiger partial charge in [0.25, 0.3) is 0 Å². The zero-order chi connectivity index (χ0) is 12.2. The van der Waals surface area contributed by atoms with Gasteiger partial charge < -0.3 is 5.32 Å². The van der Waals surface area contributed by atoms with Crippen LogP contribution in [-0.2, 0) is 4.79 Å². The fraction of sp³-hybridized carbons (Fsp3) is 0.846. The van der Waals surface area contributed by atoms with Gasteiger partial charge in [-0.1, -0.05) is 27.2 Å². The average Bonchev–Trinajstić information content (AvgIpc) is 2.14. The molecule has 1 saturated carbocycles. The summed E-state index contributed by atoms with van der Waals surface area (Å²) >= 11 is 0. The van der Waals surface area contributed by atoms with Gasteiger partial charge in [0.2, 0.25) is 5.91 Å². The standard InChI is InChI=1S/C13H22N2O/c1-4-6-12(2,3)10-15-11(16)13(9-14)7-5-8-13/h4-8,10H2,1-3H3,(H,15,16). The molecule has 1 amide bonds. The molecule has 0 aliphatic heterocycles. The minimum absolute atomic E-state index is 0.0644. The molecular formula is C13H22N2O. The third-order valence-corrected chi connectivity index (χ3v) is 3.51. The molecule has 0 saturated heterocycles. The van der Waals surface area contributed by atoms with Gasteiger partial charge in [-0.05, 0) is 31.1 Å². The molecule has 3 nitrogen and oxygen atoms in total. The molecule has 0 aromatic rings. The highest BCUT2D eigenvalue weighted by Crippen LogP contribution is 2.40. The number of hydrogen-bond donors (Lipinski definition) is 1. The van der Waals surface area contributed by atoms with Crippen LogP contribution in [0.5, 0.6) is 0 Å². The molecule has 16 heavy (non-hydrogen) atoms. The fourth-order valence-electron chi connectivity index (χ4n) is 2.17. The second-order valence-electron chi connectivity index (χ2n) is 5.64. The van der Waals surface area contributed by atoms with Crippen LogP contribution in [0.1, 0.15) is 52.9 Å². The number of carbonyl (C=O) groups excluding carboxylic acids is 1. The molecule has 0 bridgehead atoms. The summed E-state index contributed by atoms with van der Waals surface area (Å²) in [5, 5.41) is 12.0. The molecule has 90 valence electrons. The van der Waals surface area contributed by atoms with E-state index in [0.29, 0.717) is 6.54 Å². The number of rotatable bonds is 5. The molecule has 0 atom stereocenters. The fourth-order valence-corrected chi connectivity index (χ4v) is 2.17. The Balaban J connectivity index is 2.44. The summed E-state index contributed by atoms with van der Waals surface area (Å²) in [6, 6.07) is 2.17. The molecular weight excluding hydrogens is 200 g/mol. The number of nitriles is 1. The maximum absolute atomic E-state index is 11.9. The number of hydrogen-bond acceptors (Lipinski definition) is 2. The van der Waals surface area contributed by atoms with Gasteiger partial charge in [-0.25, -0.2) is 0 Å². The molecule has 1 fully saturated rings. The summed E-state index contributed by atoms with van der Waals surface area (Å²) in [5.41, 5.74) is -0.576. The average molecular weight is 222 g/mol. The van der Waals surface area contributed by atoms with Gasteiger partial charge in [-0.15, -0.1) is 0 Å². The predicted molar refractivity (Wildman–Crippen MR) is 63.6 cm³/mol. The number of nitrogens with one attached hydrogen (secondary N) is 1. The summed E-state index contributed by atoms with van der Waals surface area (Å²) in [6.45, 7) is 7.11. The molecule has 1 aliphatic carbocycles. The summed E-state index contributed by atoms with van der Waals surface area (Å²) in [5.74, 6) is -0.0644. The molecule has 0 unspecified atom stereocenters. The van der Waals surface area contributed by atoms with Gasteiger partial charge >= 0.3 is 0 Å². The van der Waals surface area contributed by atoms with E-state index in [4.69, 9.17) is 5.26 Å². The minimum atomic E-state index is -0.706. The number of amides is 1. The molecule has 3 heteroatoms. The summed E-state index contributed by atoms with van der Waals surface area (Å²) in [7, 11) is 0. The van der Waals surface area contributed by atoms with Gasteiger partial charge in [-0.2, -0.15) is 5.26 Å². The van der Waals surface area contributed by atoms with E-state index in [1.165, 1.54) is 0 Å². The van der Waals surface area contributed by atoms with E-state index in [9.17, 15) is 4.79 Å². The van der Waals surface area contributed by atoms with Crippen LogP contribution in [0.3, 0.4) is 0 Å². The first-order valence-electron chi connectivity index (χ1n) is 6.15. The van der Waals surface area contributed by atoms with Crippen molar-refractivity contribution in [2.45, 2.75) is 52.9 Å². The van der Waals surface area contributed by atoms with E-state index >= 15 is 0 Å². The Kier molecular flexibility index (Phi) is 3.96. The zero-order valence-corrected chi connectivity index (χ0v) is 10.6. The lowest BCUT2D eigenvalue weighted by atomic mass is 9.69. The quantitative estimate of drug-likeness (QED) is 0.777. The Bertz CT molecular complexity index is 298. The van der Waals surface area contributed by atoms with Crippen LogP contribution >= 0.6 is 0 Å². The summed E-state index contributed by atoms with van der Waals surface area (Å²) < 4.78 is 0. The van der Waals surface area contributed by atoms with Crippen LogP contribution in [0.2, 0.25) is 0 Å². The summed E-state index contributed by atoms with van der Waals surface area (Å²) in [6.07, 6.45) is 4.66. The third kappa shape index (κ3) is 2.75. The van der Waals surface area contributed by atoms with Crippen LogP contribution in [0.15, 0.2) is 0 Å². The monoisotopic (exact) mass is 222 g/mol. The van der Waals surface area contributed by atoms with Gasteiger partial charge in [0.1, 0.15) is 5.41 Å². The van der Waals surface area contributed by atoms with Crippen LogP contribution in [0.4, 0.5) is 0 Å². The topological polar surface area (TPSA) is 52.9 Å².